The fourth-order valence-electron chi connectivity index (χ4n) is 1.33. The molecule has 0 bridgehead atoms. The van der Waals surface area contributed by atoms with Crippen LogP contribution < -0.4 is 5.73 Å². The van der Waals surface area contributed by atoms with Gasteiger partial charge in [0.2, 0.25) is 0 Å². The molecule has 3 heteroatoms. The topological polar surface area (TPSA) is 66.5 Å². The van der Waals surface area contributed by atoms with Crippen molar-refractivity contribution in [3.63, 3.8) is 0 Å². The molecule has 0 radical (unpaired) electrons. The van der Waals surface area contributed by atoms with Crippen molar-refractivity contribution in [3.8, 4) is 11.5 Å². The van der Waals surface area contributed by atoms with Crippen LogP contribution in [0.5, 0.6) is 11.5 Å². The third kappa shape index (κ3) is 2.17. The van der Waals surface area contributed by atoms with Gasteiger partial charge in [-0.1, -0.05) is 26.3 Å². The number of aromatic hydroxyl groups is 2. The summed E-state index contributed by atoms with van der Waals surface area (Å²) < 4.78 is 0. The SMILES string of the molecule is CCC(C)[C@H](N)c1ccc(O)c(O)c1. The molecule has 0 amide bonds. The van der Waals surface area contributed by atoms with Gasteiger partial charge in [-0.25, -0.2) is 0 Å². The highest BCUT2D eigenvalue weighted by atomic mass is 16.3. The minimum absolute atomic E-state index is 0.0912. The Morgan fingerprint density at radius 1 is 1.29 bits per heavy atom. The molecule has 1 rings (SSSR count). The molecule has 0 fully saturated rings. The summed E-state index contributed by atoms with van der Waals surface area (Å²) in [6, 6.07) is 4.64. The van der Waals surface area contributed by atoms with Crippen molar-refractivity contribution in [2.24, 2.45) is 11.7 Å². The number of phenols is 2. The zero-order chi connectivity index (χ0) is 10.7. The van der Waals surface area contributed by atoms with E-state index in [0.717, 1.165) is 12.0 Å². The number of nitrogens with two attached hydrogens (primary N) is 1. The van der Waals surface area contributed by atoms with Crippen LogP contribution in [0.1, 0.15) is 31.9 Å². The van der Waals surface area contributed by atoms with E-state index in [4.69, 9.17) is 10.8 Å². The van der Waals surface area contributed by atoms with Crippen molar-refractivity contribution < 1.29 is 10.2 Å². The maximum absolute atomic E-state index is 9.30. The maximum atomic E-state index is 9.30. The van der Waals surface area contributed by atoms with E-state index in [1.807, 2.05) is 0 Å². The molecule has 0 saturated heterocycles. The number of rotatable bonds is 3. The fourth-order valence-corrected chi connectivity index (χ4v) is 1.33. The lowest BCUT2D eigenvalue weighted by Crippen LogP contribution is -2.18. The molecule has 14 heavy (non-hydrogen) atoms. The molecule has 0 aliphatic rings. The molecule has 0 saturated carbocycles. The van der Waals surface area contributed by atoms with Gasteiger partial charge in [0.15, 0.2) is 11.5 Å². The van der Waals surface area contributed by atoms with Crippen LogP contribution in [0, 0.1) is 5.92 Å². The Morgan fingerprint density at radius 2 is 1.93 bits per heavy atom. The van der Waals surface area contributed by atoms with Crippen LogP contribution in [0.15, 0.2) is 18.2 Å². The van der Waals surface area contributed by atoms with E-state index < -0.39 is 0 Å². The first kappa shape index (κ1) is 10.9. The molecule has 1 unspecified atom stereocenters. The second-order valence-corrected chi connectivity index (χ2v) is 3.66. The Kier molecular flexibility index (Phi) is 3.36. The maximum Gasteiger partial charge on any atom is 0.157 e. The molecule has 1 aromatic rings. The largest absolute Gasteiger partial charge is 0.504 e. The molecule has 0 aliphatic heterocycles. The molecular weight excluding hydrogens is 178 g/mol. The van der Waals surface area contributed by atoms with Crippen LogP contribution >= 0.6 is 0 Å². The molecule has 78 valence electrons. The van der Waals surface area contributed by atoms with Crippen LogP contribution in [-0.4, -0.2) is 10.2 Å². The summed E-state index contributed by atoms with van der Waals surface area (Å²) in [6.45, 7) is 4.14. The van der Waals surface area contributed by atoms with Crippen LogP contribution in [0.25, 0.3) is 0 Å². The molecular formula is C11H17NO2. The number of hydrogen-bond donors (Lipinski definition) is 3. The van der Waals surface area contributed by atoms with E-state index in [9.17, 15) is 5.11 Å². The standard InChI is InChI=1S/C11H17NO2/c1-3-7(2)11(12)8-4-5-9(13)10(14)6-8/h4-7,11,13-14H,3,12H2,1-2H3/t7?,11-/m0/s1. The van der Waals surface area contributed by atoms with E-state index in [2.05, 4.69) is 13.8 Å². The number of hydrogen-bond acceptors (Lipinski definition) is 3. The molecule has 0 aromatic heterocycles. The van der Waals surface area contributed by atoms with Crippen molar-refractivity contribution in [3.05, 3.63) is 23.8 Å². The van der Waals surface area contributed by atoms with Crippen LogP contribution in [0.2, 0.25) is 0 Å². The molecule has 1 aromatic carbocycles. The summed E-state index contributed by atoms with van der Waals surface area (Å²) in [5.41, 5.74) is 6.83. The Morgan fingerprint density at radius 3 is 2.43 bits per heavy atom. The van der Waals surface area contributed by atoms with Crippen LogP contribution in [0.3, 0.4) is 0 Å². The second kappa shape index (κ2) is 4.33. The Bertz CT molecular complexity index is 312. The summed E-state index contributed by atoms with van der Waals surface area (Å²) in [4.78, 5) is 0. The van der Waals surface area contributed by atoms with Crippen molar-refractivity contribution in [2.75, 3.05) is 0 Å². The summed E-state index contributed by atoms with van der Waals surface area (Å²) in [5, 5.41) is 18.4. The minimum atomic E-state index is -0.110. The van der Waals surface area contributed by atoms with Gasteiger partial charge in [-0.2, -0.15) is 0 Å². The predicted molar refractivity (Wildman–Crippen MR) is 56.2 cm³/mol. The third-order valence-electron chi connectivity index (χ3n) is 2.64. The number of benzene rings is 1. The summed E-state index contributed by atoms with van der Waals surface area (Å²) in [6.07, 6.45) is 0.989. The Balaban J connectivity index is 2.91. The minimum Gasteiger partial charge on any atom is -0.504 e. The van der Waals surface area contributed by atoms with Crippen molar-refractivity contribution >= 4 is 0 Å². The third-order valence-corrected chi connectivity index (χ3v) is 2.64. The zero-order valence-electron chi connectivity index (χ0n) is 8.57. The van der Waals surface area contributed by atoms with Crippen molar-refractivity contribution in [2.45, 2.75) is 26.3 Å². The van der Waals surface area contributed by atoms with E-state index in [1.165, 1.54) is 12.1 Å². The van der Waals surface area contributed by atoms with Gasteiger partial charge in [0.25, 0.3) is 0 Å². The lowest BCUT2D eigenvalue weighted by molar-refractivity contribution is 0.399. The Hall–Kier alpha value is -1.22. The van der Waals surface area contributed by atoms with Gasteiger partial charge >= 0.3 is 0 Å². The average molecular weight is 195 g/mol. The van der Waals surface area contributed by atoms with Crippen LogP contribution in [0.4, 0.5) is 0 Å². The highest BCUT2D eigenvalue weighted by Crippen LogP contribution is 2.30. The van der Waals surface area contributed by atoms with Crippen molar-refractivity contribution in [1.29, 1.82) is 0 Å². The lowest BCUT2D eigenvalue weighted by Gasteiger charge is -2.18. The van der Waals surface area contributed by atoms with Crippen LogP contribution in [-0.2, 0) is 0 Å². The lowest BCUT2D eigenvalue weighted by atomic mass is 9.93. The highest BCUT2D eigenvalue weighted by Gasteiger charge is 2.14. The molecule has 0 aliphatic carbocycles. The van der Waals surface area contributed by atoms with E-state index in [-0.39, 0.29) is 17.5 Å². The monoisotopic (exact) mass is 195 g/mol. The van der Waals surface area contributed by atoms with E-state index in [1.54, 1.807) is 6.07 Å². The Labute approximate surface area is 84.2 Å². The molecule has 3 nitrogen and oxygen atoms in total. The summed E-state index contributed by atoms with van der Waals surface area (Å²) in [7, 11) is 0. The predicted octanol–water partition coefficient (Wildman–Crippen LogP) is 2.14. The van der Waals surface area contributed by atoms with E-state index >= 15 is 0 Å². The first-order valence-electron chi connectivity index (χ1n) is 4.83. The van der Waals surface area contributed by atoms with Gasteiger partial charge in [0.05, 0.1) is 0 Å². The fraction of sp³-hybridized carbons (Fsp3) is 0.455. The van der Waals surface area contributed by atoms with Gasteiger partial charge in [-0.3, -0.25) is 0 Å². The molecule has 0 spiro atoms. The number of phenolic OH excluding ortho intramolecular Hbond substituents is 2. The molecule has 4 N–H and O–H groups in total. The summed E-state index contributed by atoms with van der Waals surface area (Å²) in [5.74, 6) is 0.144. The zero-order valence-corrected chi connectivity index (χ0v) is 8.57. The first-order chi connectivity index (χ1) is 6.56. The van der Waals surface area contributed by atoms with Gasteiger partial charge < -0.3 is 15.9 Å². The molecule has 2 atom stereocenters. The van der Waals surface area contributed by atoms with E-state index in [0.29, 0.717) is 5.92 Å². The van der Waals surface area contributed by atoms with Crippen molar-refractivity contribution in [1.82, 2.24) is 0 Å². The van der Waals surface area contributed by atoms with Gasteiger partial charge in [-0.05, 0) is 23.6 Å². The smallest absolute Gasteiger partial charge is 0.157 e. The first-order valence-corrected chi connectivity index (χ1v) is 4.83. The van der Waals surface area contributed by atoms with Gasteiger partial charge in [-0.15, -0.1) is 0 Å². The second-order valence-electron chi connectivity index (χ2n) is 3.66. The van der Waals surface area contributed by atoms with Gasteiger partial charge in [0, 0.05) is 6.04 Å². The van der Waals surface area contributed by atoms with Gasteiger partial charge in [0.1, 0.15) is 0 Å². The normalized spacial score (nSPS) is 15.1. The average Bonchev–Trinajstić information content (AvgIpc) is 2.20. The summed E-state index contributed by atoms with van der Waals surface area (Å²) >= 11 is 0. The quantitative estimate of drug-likeness (QED) is 0.647. The highest BCUT2D eigenvalue weighted by molar-refractivity contribution is 5.41. The molecule has 0 heterocycles.